The first-order valence-corrected chi connectivity index (χ1v) is 8.40. The second-order valence-electron chi connectivity index (χ2n) is 5.44. The van der Waals surface area contributed by atoms with Gasteiger partial charge in [-0.25, -0.2) is 9.50 Å². The van der Waals surface area contributed by atoms with Crippen LogP contribution < -0.4 is 5.32 Å². The molecule has 1 atom stereocenters. The Balaban J connectivity index is 1.43. The third-order valence-corrected chi connectivity index (χ3v) is 5.07. The van der Waals surface area contributed by atoms with E-state index >= 15 is 0 Å². The van der Waals surface area contributed by atoms with Crippen molar-refractivity contribution in [1.82, 2.24) is 19.9 Å². The van der Waals surface area contributed by atoms with Gasteiger partial charge < -0.3 is 10.1 Å². The zero-order valence-corrected chi connectivity index (χ0v) is 13.3. The zero-order chi connectivity index (χ0) is 15.6. The number of thiophene rings is 1. The van der Waals surface area contributed by atoms with Crippen molar-refractivity contribution in [1.29, 1.82) is 0 Å². The molecule has 0 saturated carbocycles. The summed E-state index contributed by atoms with van der Waals surface area (Å²) in [5.74, 6) is -0.0745. The molecule has 1 unspecified atom stereocenters. The minimum atomic E-state index is -0.0745. The number of nitrogens with zero attached hydrogens (tertiary/aromatic N) is 3. The number of nitrogens with one attached hydrogen (secondary N) is 1. The normalized spacial score (nSPS) is 17.7. The summed E-state index contributed by atoms with van der Waals surface area (Å²) in [6.07, 6.45) is 7.57. The second-order valence-corrected chi connectivity index (χ2v) is 6.56. The van der Waals surface area contributed by atoms with Crippen molar-refractivity contribution in [2.24, 2.45) is 0 Å². The lowest BCUT2D eigenvalue weighted by Gasteiger charge is -2.05. The van der Waals surface area contributed by atoms with Crippen LogP contribution in [0.15, 0.2) is 36.8 Å². The van der Waals surface area contributed by atoms with Crippen molar-refractivity contribution in [2.75, 3.05) is 6.61 Å². The van der Waals surface area contributed by atoms with Crippen LogP contribution in [0.25, 0.3) is 5.65 Å². The number of rotatable bonds is 4. The average Bonchev–Trinajstić information content (AvgIpc) is 3.31. The third kappa shape index (κ3) is 2.85. The molecule has 4 heterocycles. The van der Waals surface area contributed by atoms with E-state index in [9.17, 15) is 4.79 Å². The molecular weight excluding hydrogens is 312 g/mol. The molecule has 0 radical (unpaired) electrons. The molecule has 1 N–H and O–H groups in total. The predicted molar refractivity (Wildman–Crippen MR) is 86.4 cm³/mol. The van der Waals surface area contributed by atoms with Crippen LogP contribution in [0.5, 0.6) is 0 Å². The highest BCUT2D eigenvalue weighted by molar-refractivity contribution is 7.14. The first-order chi connectivity index (χ1) is 11.3. The van der Waals surface area contributed by atoms with Crippen molar-refractivity contribution in [2.45, 2.75) is 25.5 Å². The Bertz CT molecular complexity index is 835. The summed E-state index contributed by atoms with van der Waals surface area (Å²) in [6, 6.07) is 5.68. The summed E-state index contributed by atoms with van der Waals surface area (Å²) in [6.45, 7) is 1.22. The first-order valence-electron chi connectivity index (χ1n) is 7.58. The van der Waals surface area contributed by atoms with E-state index in [2.05, 4.69) is 15.4 Å². The molecule has 1 aliphatic heterocycles. The third-order valence-electron chi connectivity index (χ3n) is 3.89. The minimum absolute atomic E-state index is 0.0745. The van der Waals surface area contributed by atoms with Gasteiger partial charge in [0.1, 0.15) is 0 Å². The lowest BCUT2D eigenvalue weighted by molar-refractivity contribution is 0.0955. The van der Waals surface area contributed by atoms with Gasteiger partial charge in [-0.3, -0.25) is 4.79 Å². The Kier molecular flexibility index (Phi) is 3.80. The molecule has 0 bridgehead atoms. The van der Waals surface area contributed by atoms with Crippen LogP contribution in [-0.2, 0) is 11.3 Å². The summed E-state index contributed by atoms with van der Waals surface area (Å²) in [5.41, 5.74) is 1.66. The molecule has 0 aromatic carbocycles. The molecular formula is C16H16N4O2S. The lowest BCUT2D eigenvalue weighted by Crippen LogP contribution is -2.21. The van der Waals surface area contributed by atoms with E-state index in [0.29, 0.717) is 11.4 Å². The first kappa shape index (κ1) is 14.3. The van der Waals surface area contributed by atoms with Crippen LogP contribution >= 0.6 is 11.3 Å². The lowest BCUT2D eigenvalue weighted by atomic mass is 10.2. The molecule has 1 aliphatic rings. The molecule has 4 rings (SSSR count). The van der Waals surface area contributed by atoms with E-state index in [-0.39, 0.29) is 12.0 Å². The number of carbonyl (C=O) groups excluding carboxylic acids is 1. The van der Waals surface area contributed by atoms with E-state index < -0.39 is 0 Å². The SMILES string of the molecule is O=C(NCc1cnn2cccnc12)c1ccc(C2CCCO2)s1. The molecule has 6 nitrogen and oxygen atoms in total. The van der Waals surface area contributed by atoms with Crippen LogP contribution in [0.4, 0.5) is 0 Å². The number of amides is 1. The molecule has 0 spiro atoms. The highest BCUT2D eigenvalue weighted by Gasteiger charge is 2.21. The fourth-order valence-corrected chi connectivity index (χ4v) is 3.72. The van der Waals surface area contributed by atoms with Crippen molar-refractivity contribution >= 4 is 22.9 Å². The van der Waals surface area contributed by atoms with Gasteiger partial charge in [-0.1, -0.05) is 0 Å². The summed E-state index contributed by atoms with van der Waals surface area (Å²) >= 11 is 1.51. The molecule has 3 aromatic rings. The minimum Gasteiger partial charge on any atom is -0.373 e. The number of fused-ring (bicyclic) bond motifs is 1. The molecule has 7 heteroatoms. The summed E-state index contributed by atoms with van der Waals surface area (Å²) in [4.78, 5) is 18.4. The van der Waals surface area contributed by atoms with Crippen molar-refractivity contribution in [3.05, 3.63) is 52.1 Å². The predicted octanol–water partition coefficient (Wildman–Crippen LogP) is 2.57. The van der Waals surface area contributed by atoms with Gasteiger partial charge in [0.15, 0.2) is 5.65 Å². The number of hydrogen-bond acceptors (Lipinski definition) is 5. The molecule has 23 heavy (non-hydrogen) atoms. The summed E-state index contributed by atoms with van der Waals surface area (Å²) in [5, 5.41) is 7.15. The van der Waals surface area contributed by atoms with Crippen LogP contribution in [0.3, 0.4) is 0 Å². The van der Waals surface area contributed by atoms with Crippen LogP contribution in [0.1, 0.15) is 39.1 Å². The molecule has 0 aliphatic carbocycles. The van der Waals surface area contributed by atoms with Gasteiger partial charge in [0.25, 0.3) is 5.91 Å². The maximum Gasteiger partial charge on any atom is 0.261 e. The Morgan fingerprint density at radius 1 is 1.48 bits per heavy atom. The Hall–Kier alpha value is -2.25. The Morgan fingerprint density at radius 3 is 3.30 bits per heavy atom. The molecule has 3 aromatic heterocycles. The Labute approximate surface area is 137 Å². The largest absolute Gasteiger partial charge is 0.373 e. The van der Waals surface area contributed by atoms with Gasteiger partial charge in [0, 0.05) is 36.0 Å². The van der Waals surface area contributed by atoms with E-state index in [1.807, 2.05) is 24.4 Å². The van der Waals surface area contributed by atoms with Gasteiger partial charge in [0.05, 0.1) is 17.2 Å². The monoisotopic (exact) mass is 328 g/mol. The number of carbonyl (C=O) groups is 1. The van der Waals surface area contributed by atoms with Gasteiger partial charge in [-0.2, -0.15) is 5.10 Å². The van der Waals surface area contributed by atoms with Crippen LogP contribution in [-0.4, -0.2) is 27.1 Å². The molecule has 1 saturated heterocycles. The van der Waals surface area contributed by atoms with E-state index in [1.54, 1.807) is 16.9 Å². The topological polar surface area (TPSA) is 68.5 Å². The highest BCUT2D eigenvalue weighted by Crippen LogP contribution is 2.33. The average molecular weight is 328 g/mol. The smallest absolute Gasteiger partial charge is 0.261 e. The molecule has 118 valence electrons. The van der Waals surface area contributed by atoms with Crippen LogP contribution in [0, 0.1) is 0 Å². The summed E-state index contributed by atoms with van der Waals surface area (Å²) in [7, 11) is 0. The van der Waals surface area contributed by atoms with Crippen molar-refractivity contribution in [3.8, 4) is 0 Å². The fraction of sp³-hybridized carbons (Fsp3) is 0.312. The van der Waals surface area contributed by atoms with Crippen molar-refractivity contribution in [3.63, 3.8) is 0 Å². The van der Waals surface area contributed by atoms with Gasteiger partial charge >= 0.3 is 0 Å². The summed E-state index contributed by atoms with van der Waals surface area (Å²) < 4.78 is 7.36. The van der Waals surface area contributed by atoms with Crippen LogP contribution in [0.2, 0.25) is 0 Å². The maximum absolute atomic E-state index is 12.3. The highest BCUT2D eigenvalue weighted by atomic mass is 32.1. The molecule has 1 amide bonds. The zero-order valence-electron chi connectivity index (χ0n) is 12.4. The van der Waals surface area contributed by atoms with E-state index in [1.165, 1.54) is 11.3 Å². The van der Waals surface area contributed by atoms with E-state index in [4.69, 9.17) is 4.74 Å². The van der Waals surface area contributed by atoms with E-state index in [0.717, 1.165) is 35.5 Å². The number of ether oxygens (including phenoxy) is 1. The second kappa shape index (κ2) is 6.10. The standard InChI is InChI=1S/C16H16N4O2S/c21-16(14-5-4-13(23-14)12-3-1-8-22-12)18-9-11-10-19-20-7-2-6-17-15(11)20/h2,4-7,10,12H,1,3,8-9H2,(H,18,21). The van der Waals surface area contributed by atoms with Crippen molar-refractivity contribution < 1.29 is 9.53 Å². The molecule has 1 fully saturated rings. The van der Waals surface area contributed by atoms with Gasteiger partial charge in [0.2, 0.25) is 0 Å². The quantitative estimate of drug-likeness (QED) is 0.799. The van der Waals surface area contributed by atoms with Gasteiger partial charge in [-0.15, -0.1) is 11.3 Å². The number of hydrogen-bond donors (Lipinski definition) is 1. The maximum atomic E-state index is 12.3. The fourth-order valence-electron chi connectivity index (χ4n) is 2.71. The van der Waals surface area contributed by atoms with Gasteiger partial charge in [-0.05, 0) is 31.0 Å². The number of aromatic nitrogens is 3. The Morgan fingerprint density at radius 2 is 2.43 bits per heavy atom.